The Bertz CT molecular complexity index is 614. The van der Waals surface area contributed by atoms with E-state index in [0.29, 0.717) is 6.61 Å². The lowest BCUT2D eigenvalue weighted by molar-refractivity contribution is 0.306. The van der Waals surface area contributed by atoms with Gasteiger partial charge in [-0.05, 0) is 29.7 Å². The van der Waals surface area contributed by atoms with E-state index in [1.807, 2.05) is 30.3 Å². The van der Waals surface area contributed by atoms with Crippen molar-refractivity contribution in [3.8, 4) is 5.75 Å². The minimum Gasteiger partial charge on any atom is -0.489 e. The molecule has 3 rings (SSSR count). The average molecular weight is 423 g/mol. The highest BCUT2D eigenvalue weighted by Gasteiger charge is 2.03. The summed E-state index contributed by atoms with van der Waals surface area (Å²) in [6.45, 7) is 3.28. The summed E-state index contributed by atoms with van der Waals surface area (Å²) in [6.07, 6.45) is 1.11. The van der Waals surface area contributed by atoms with Crippen LogP contribution in [0.4, 0.5) is 0 Å². The van der Waals surface area contributed by atoms with Gasteiger partial charge in [0.1, 0.15) is 12.4 Å². The predicted octanol–water partition coefficient (Wildman–Crippen LogP) is 3.32. The second kappa shape index (κ2) is 9.39. The molecule has 0 spiro atoms. The zero-order valence-corrected chi connectivity index (χ0v) is 15.3. The zero-order chi connectivity index (χ0) is 15.0. The Morgan fingerprint density at radius 1 is 1.00 bits per heavy atom. The quantitative estimate of drug-likeness (QED) is 0.726. The number of rotatable bonds is 5. The van der Waals surface area contributed by atoms with Crippen molar-refractivity contribution in [2.75, 3.05) is 13.1 Å². The fraction of sp³-hybridized carbons (Fsp3) is 0.278. The number of guanidine groups is 1. The molecule has 0 atom stereocenters. The Morgan fingerprint density at radius 2 is 1.74 bits per heavy atom. The van der Waals surface area contributed by atoms with Crippen molar-refractivity contribution in [2.45, 2.75) is 19.6 Å². The third-order valence-corrected chi connectivity index (χ3v) is 3.53. The summed E-state index contributed by atoms with van der Waals surface area (Å²) in [5, 5.41) is 6.58. The van der Waals surface area contributed by atoms with Gasteiger partial charge in [0.25, 0.3) is 0 Å². The Morgan fingerprint density at radius 3 is 2.43 bits per heavy atom. The number of hydrogen-bond acceptors (Lipinski definition) is 4. The molecule has 0 fully saturated rings. The van der Waals surface area contributed by atoms with Gasteiger partial charge in [-0.2, -0.15) is 0 Å². The highest BCUT2D eigenvalue weighted by atomic mass is 127. The molecule has 1 aliphatic rings. The second-order valence-corrected chi connectivity index (χ2v) is 5.28. The molecule has 5 heteroatoms. The fourth-order valence-corrected chi connectivity index (χ4v) is 2.27. The molecule has 0 unspecified atom stereocenters. The summed E-state index contributed by atoms with van der Waals surface area (Å²) in [6, 6.07) is 18.3. The van der Waals surface area contributed by atoms with Crippen LogP contribution < -0.4 is 15.4 Å². The maximum Gasteiger partial charge on any atom is 0.191 e. The lowest BCUT2D eigenvalue weighted by Crippen LogP contribution is -2.40. The van der Waals surface area contributed by atoms with Crippen molar-refractivity contribution in [2.24, 2.45) is 4.99 Å². The van der Waals surface area contributed by atoms with Crippen molar-refractivity contribution >= 4 is 29.9 Å². The minimum absolute atomic E-state index is 0. The van der Waals surface area contributed by atoms with E-state index in [1.54, 1.807) is 0 Å². The molecule has 0 aromatic heterocycles. The number of halogens is 1. The zero-order valence-electron chi connectivity index (χ0n) is 13.0. The maximum atomic E-state index is 5.74. The van der Waals surface area contributed by atoms with E-state index in [0.717, 1.165) is 37.8 Å². The van der Waals surface area contributed by atoms with Gasteiger partial charge in [0.15, 0.2) is 5.96 Å². The number of nitrogens with one attached hydrogen (secondary N) is 2. The lowest BCUT2D eigenvalue weighted by atomic mass is 10.1. The van der Waals surface area contributed by atoms with Crippen LogP contribution >= 0.6 is 24.0 Å². The molecule has 0 aliphatic carbocycles. The van der Waals surface area contributed by atoms with Crippen molar-refractivity contribution in [3.63, 3.8) is 0 Å². The summed E-state index contributed by atoms with van der Waals surface area (Å²) in [5.74, 6) is 1.80. The number of nitrogens with zero attached hydrogens (tertiary/aromatic N) is 1. The molecule has 0 saturated heterocycles. The first-order chi connectivity index (χ1) is 10.9. The van der Waals surface area contributed by atoms with Crippen LogP contribution in [-0.2, 0) is 13.2 Å². The normalized spacial score (nSPS) is 13.3. The molecule has 0 radical (unpaired) electrons. The topological polar surface area (TPSA) is 45.6 Å². The third-order valence-electron chi connectivity index (χ3n) is 3.53. The smallest absolute Gasteiger partial charge is 0.191 e. The molecule has 2 N–H and O–H groups in total. The van der Waals surface area contributed by atoms with E-state index >= 15 is 0 Å². The van der Waals surface area contributed by atoms with Gasteiger partial charge in [-0.1, -0.05) is 42.5 Å². The lowest BCUT2D eigenvalue weighted by Gasteiger charge is -2.16. The van der Waals surface area contributed by atoms with Crippen molar-refractivity contribution in [1.29, 1.82) is 0 Å². The molecule has 23 heavy (non-hydrogen) atoms. The van der Waals surface area contributed by atoms with Crippen molar-refractivity contribution < 1.29 is 4.74 Å². The Labute approximate surface area is 154 Å². The third kappa shape index (κ3) is 5.74. The molecular formula is C18H22IN3O. The molecule has 4 nitrogen and oxygen atoms in total. The molecule has 0 saturated carbocycles. The predicted molar refractivity (Wildman–Crippen MR) is 104 cm³/mol. The molecule has 0 amide bonds. The van der Waals surface area contributed by atoms with Gasteiger partial charge in [-0.25, -0.2) is 0 Å². The first-order valence-corrected chi connectivity index (χ1v) is 7.68. The SMILES string of the molecule is I.c1ccc(OCc2ccc(CNC3=NCCCN3)cc2)cc1. The number of hydrogen-bond donors (Lipinski definition) is 2. The summed E-state index contributed by atoms with van der Waals surface area (Å²) < 4.78 is 5.74. The minimum atomic E-state index is 0. The van der Waals surface area contributed by atoms with Gasteiger partial charge in [0.05, 0.1) is 0 Å². The summed E-state index contributed by atoms with van der Waals surface area (Å²) in [5.41, 5.74) is 2.40. The number of aliphatic imine (C=N–C) groups is 1. The Balaban J connectivity index is 0.00000192. The molecule has 2 aromatic carbocycles. The molecule has 122 valence electrons. The highest BCUT2D eigenvalue weighted by Crippen LogP contribution is 2.12. The molecule has 1 heterocycles. The number of benzene rings is 2. The van der Waals surface area contributed by atoms with Gasteiger partial charge in [-0.3, -0.25) is 4.99 Å². The Kier molecular flexibility index (Phi) is 7.19. The van der Waals surface area contributed by atoms with E-state index in [4.69, 9.17) is 4.74 Å². The molecule has 2 aromatic rings. The number of ether oxygens (including phenoxy) is 1. The van der Waals surface area contributed by atoms with Crippen LogP contribution in [-0.4, -0.2) is 19.0 Å². The van der Waals surface area contributed by atoms with Crippen molar-refractivity contribution in [1.82, 2.24) is 10.6 Å². The largest absolute Gasteiger partial charge is 0.489 e. The maximum absolute atomic E-state index is 5.74. The first kappa shape index (κ1) is 17.6. The van der Waals surface area contributed by atoms with E-state index in [-0.39, 0.29) is 24.0 Å². The monoisotopic (exact) mass is 423 g/mol. The van der Waals surface area contributed by atoms with Crippen LogP contribution in [0.25, 0.3) is 0 Å². The van der Waals surface area contributed by atoms with Crippen LogP contribution in [0.1, 0.15) is 17.5 Å². The second-order valence-electron chi connectivity index (χ2n) is 5.28. The summed E-state index contributed by atoms with van der Waals surface area (Å²) in [4.78, 5) is 4.40. The van der Waals surface area contributed by atoms with Gasteiger partial charge >= 0.3 is 0 Å². The van der Waals surface area contributed by atoms with Crippen LogP contribution in [0.2, 0.25) is 0 Å². The highest BCUT2D eigenvalue weighted by molar-refractivity contribution is 14.0. The first-order valence-electron chi connectivity index (χ1n) is 7.68. The molecule has 0 bridgehead atoms. The van der Waals surface area contributed by atoms with Crippen molar-refractivity contribution in [3.05, 3.63) is 65.7 Å². The van der Waals surface area contributed by atoms with E-state index in [1.165, 1.54) is 11.1 Å². The fourth-order valence-electron chi connectivity index (χ4n) is 2.27. The van der Waals surface area contributed by atoms with E-state index in [2.05, 4.69) is 39.9 Å². The van der Waals surface area contributed by atoms with E-state index < -0.39 is 0 Å². The van der Waals surface area contributed by atoms with Gasteiger partial charge in [0.2, 0.25) is 0 Å². The average Bonchev–Trinajstić information content (AvgIpc) is 2.61. The number of para-hydroxylation sites is 1. The summed E-state index contributed by atoms with van der Waals surface area (Å²) >= 11 is 0. The van der Waals surface area contributed by atoms with Gasteiger partial charge in [0, 0.05) is 19.6 Å². The standard InChI is InChI=1S/C18H21N3O.HI/c1-2-5-17(6-3-1)22-14-16-9-7-15(8-10-16)13-21-18-19-11-4-12-20-18;/h1-3,5-10H,4,11-14H2,(H2,19,20,21);1H. The Hall–Kier alpha value is -1.76. The van der Waals surface area contributed by atoms with Crippen LogP contribution in [0, 0.1) is 0 Å². The van der Waals surface area contributed by atoms with Gasteiger partial charge < -0.3 is 15.4 Å². The van der Waals surface area contributed by atoms with Crippen LogP contribution in [0.5, 0.6) is 5.75 Å². The van der Waals surface area contributed by atoms with Gasteiger partial charge in [-0.15, -0.1) is 24.0 Å². The van der Waals surface area contributed by atoms with E-state index in [9.17, 15) is 0 Å². The van der Waals surface area contributed by atoms with Crippen LogP contribution in [0.3, 0.4) is 0 Å². The summed E-state index contributed by atoms with van der Waals surface area (Å²) in [7, 11) is 0. The van der Waals surface area contributed by atoms with Crippen LogP contribution in [0.15, 0.2) is 59.6 Å². The molecular weight excluding hydrogens is 401 g/mol. The molecule has 1 aliphatic heterocycles.